The summed E-state index contributed by atoms with van der Waals surface area (Å²) in [6.07, 6.45) is -5.98. The van der Waals surface area contributed by atoms with Gasteiger partial charge in [0.15, 0.2) is 0 Å². The SMILES string of the molecule is N=C(NC1N=C(c2ccccc2)c2ccccc2NC1=O)OC(=N)c1ccc(C(F)(F)F)nc1N1CCOCC1. The molecular formula is C27H24F3N7O3. The monoisotopic (exact) mass is 551 g/mol. The maximum Gasteiger partial charge on any atom is 0.433 e. The zero-order chi connectivity index (χ0) is 28.3. The summed E-state index contributed by atoms with van der Waals surface area (Å²) in [4.78, 5) is 22.9. The van der Waals surface area contributed by atoms with Gasteiger partial charge < -0.3 is 25.0 Å². The van der Waals surface area contributed by atoms with Gasteiger partial charge in [-0.1, -0.05) is 48.5 Å². The number of amidine groups is 1. The molecule has 0 aliphatic carbocycles. The van der Waals surface area contributed by atoms with Gasteiger partial charge in [-0.15, -0.1) is 0 Å². The third-order valence-electron chi connectivity index (χ3n) is 6.19. The van der Waals surface area contributed by atoms with E-state index in [2.05, 4.69) is 20.6 Å². The van der Waals surface area contributed by atoms with E-state index in [1.807, 2.05) is 42.5 Å². The van der Waals surface area contributed by atoms with E-state index >= 15 is 0 Å². The molecule has 1 fully saturated rings. The van der Waals surface area contributed by atoms with Gasteiger partial charge in [-0.3, -0.25) is 15.6 Å². The second-order valence-corrected chi connectivity index (χ2v) is 8.85. The largest absolute Gasteiger partial charge is 0.433 e. The van der Waals surface area contributed by atoms with Crippen molar-refractivity contribution in [1.29, 1.82) is 10.8 Å². The van der Waals surface area contributed by atoms with Gasteiger partial charge in [0.2, 0.25) is 12.1 Å². The Morgan fingerprint density at radius 2 is 1.73 bits per heavy atom. The average molecular weight is 552 g/mol. The second-order valence-electron chi connectivity index (χ2n) is 8.85. The van der Waals surface area contributed by atoms with Gasteiger partial charge in [-0.05, 0) is 18.2 Å². The number of carbonyl (C=O) groups is 1. The van der Waals surface area contributed by atoms with Gasteiger partial charge in [0, 0.05) is 24.2 Å². The van der Waals surface area contributed by atoms with E-state index in [0.717, 1.165) is 17.7 Å². The molecule has 3 aromatic rings. The number of carbonyl (C=O) groups excluding carboxylic acids is 1. The topological polar surface area (TPSA) is 136 Å². The molecule has 2 aromatic carbocycles. The molecule has 5 rings (SSSR count). The number of aromatic nitrogens is 1. The molecule has 2 aliphatic rings. The minimum absolute atomic E-state index is 0.0485. The highest BCUT2D eigenvalue weighted by Gasteiger charge is 2.35. The number of aliphatic imine (C=N–C) groups is 1. The lowest BCUT2D eigenvalue weighted by molar-refractivity contribution is -0.141. The lowest BCUT2D eigenvalue weighted by Crippen LogP contribution is -2.43. The number of morpholine rings is 1. The molecule has 0 radical (unpaired) electrons. The number of amides is 1. The summed E-state index contributed by atoms with van der Waals surface area (Å²) in [5.74, 6) is -1.30. The standard InChI is InChI=1S/C27H24F3N7O3/c28-27(29,30)20-11-10-18(24(34-20)37-12-14-39-15-13-37)22(31)40-26(32)36-23-25(38)33-19-9-5-4-8-17(19)21(35-23)16-6-2-1-3-7-16/h1-11,23,31H,12-15H2,(H2,32,36)(H,33,38). The Bertz CT molecular complexity index is 1470. The normalized spacial score (nSPS) is 17.2. The minimum atomic E-state index is -4.68. The zero-order valence-corrected chi connectivity index (χ0v) is 21.0. The van der Waals surface area contributed by atoms with Crippen LogP contribution in [-0.4, -0.2) is 61.0 Å². The molecule has 1 atom stereocenters. The number of pyridine rings is 1. The van der Waals surface area contributed by atoms with Crippen LogP contribution in [0.5, 0.6) is 0 Å². The first kappa shape index (κ1) is 26.8. The zero-order valence-electron chi connectivity index (χ0n) is 21.0. The number of fused-ring (bicyclic) bond motifs is 1. The lowest BCUT2D eigenvalue weighted by Gasteiger charge is -2.30. The Balaban J connectivity index is 1.39. The van der Waals surface area contributed by atoms with Crippen LogP contribution in [0.4, 0.5) is 24.7 Å². The van der Waals surface area contributed by atoms with E-state index < -0.39 is 35.9 Å². The first-order valence-electron chi connectivity index (χ1n) is 12.3. The molecule has 13 heteroatoms. The van der Waals surface area contributed by atoms with E-state index in [1.54, 1.807) is 17.0 Å². The van der Waals surface area contributed by atoms with E-state index in [1.165, 1.54) is 0 Å². The highest BCUT2D eigenvalue weighted by atomic mass is 19.4. The molecule has 2 aliphatic heterocycles. The van der Waals surface area contributed by atoms with Crippen molar-refractivity contribution in [3.8, 4) is 0 Å². The molecule has 0 saturated carbocycles. The van der Waals surface area contributed by atoms with E-state index in [0.29, 0.717) is 17.0 Å². The van der Waals surface area contributed by atoms with Gasteiger partial charge in [0.05, 0.1) is 30.2 Å². The van der Waals surface area contributed by atoms with Crippen LogP contribution in [0, 0.1) is 10.8 Å². The number of rotatable bonds is 4. The second kappa shape index (κ2) is 11.1. The number of alkyl halides is 3. The van der Waals surface area contributed by atoms with Crippen LogP contribution in [0.3, 0.4) is 0 Å². The van der Waals surface area contributed by atoms with Crippen LogP contribution in [0.1, 0.15) is 22.4 Å². The van der Waals surface area contributed by atoms with Gasteiger partial charge in [-0.2, -0.15) is 13.2 Å². The Hall–Kier alpha value is -4.78. The van der Waals surface area contributed by atoms with Gasteiger partial charge in [-0.25, -0.2) is 9.98 Å². The van der Waals surface area contributed by atoms with Crippen molar-refractivity contribution in [2.75, 3.05) is 36.5 Å². The first-order valence-corrected chi connectivity index (χ1v) is 12.3. The van der Waals surface area contributed by atoms with Gasteiger partial charge >= 0.3 is 6.18 Å². The van der Waals surface area contributed by atoms with Crippen LogP contribution in [0.25, 0.3) is 0 Å². The van der Waals surface area contributed by atoms with Crippen molar-refractivity contribution in [2.45, 2.75) is 12.3 Å². The van der Waals surface area contributed by atoms with E-state index in [4.69, 9.17) is 20.3 Å². The molecule has 0 bridgehead atoms. The lowest BCUT2D eigenvalue weighted by atomic mass is 10.0. The number of hydrogen-bond acceptors (Lipinski definition) is 8. The van der Waals surface area contributed by atoms with Crippen LogP contribution in [0.2, 0.25) is 0 Å². The van der Waals surface area contributed by atoms with Crippen molar-refractivity contribution in [3.05, 3.63) is 89.1 Å². The summed E-state index contributed by atoms with van der Waals surface area (Å²) in [6.45, 7) is 1.10. The number of para-hydroxylation sites is 1. The number of benzene rings is 2. The predicted molar refractivity (Wildman–Crippen MR) is 142 cm³/mol. The predicted octanol–water partition coefficient (Wildman–Crippen LogP) is 3.62. The quantitative estimate of drug-likeness (QED) is 0.289. The Kier molecular flexibility index (Phi) is 7.47. The fraction of sp³-hybridized carbons (Fsp3) is 0.222. The van der Waals surface area contributed by atoms with Crippen molar-refractivity contribution < 1.29 is 27.4 Å². The number of anilines is 2. The van der Waals surface area contributed by atoms with Crippen molar-refractivity contribution >= 4 is 35.0 Å². The average Bonchev–Trinajstić information content (AvgIpc) is 3.09. The van der Waals surface area contributed by atoms with Crippen LogP contribution >= 0.6 is 0 Å². The third-order valence-corrected chi connectivity index (χ3v) is 6.19. The minimum Gasteiger partial charge on any atom is -0.407 e. The highest BCUT2D eigenvalue weighted by Crippen LogP contribution is 2.31. The molecular weight excluding hydrogens is 527 g/mol. The molecule has 0 spiro atoms. The smallest absolute Gasteiger partial charge is 0.407 e. The van der Waals surface area contributed by atoms with E-state index in [9.17, 15) is 18.0 Å². The third kappa shape index (κ3) is 5.78. The van der Waals surface area contributed by atoms with Crippen molar-refractivity contribution in [3.63, 3.8) is 0 Å². The summed E-state index contributed by atoms with van der Waals surface area (Å²) in [6, 6.07) is 17.5. The number of nitrogens with one attached hydrogen (secondary N) is 4. The first-order chi connectivity index (χ1) is 19.2. The maximum atomic E-state index is 13.4. The summed E-state index contributed by atoms with van der Waals surface area (Å²) >= 11 is 0. The number of benzodiazepines with no additional fused rings is 1. The van der Waals surface area contributed by atoms with Crippen LogP contribution in [-0.2, 0) is 20.4 Å². The summed E-state index contributed by atoms with van der Waals surface area (Å²) < 4.78 is 50.7. The van der Waals surface area contributed by atoms with Gasteiger partial charge in [0.1, 0.15) is 11.5 Å². The Labute approximate surface area is 226 Å². The Morgan fingerprint density at radius 1 is 1.02 bits per heavy atom. The summed E-state index contributed by atoms with van der Waals surface area (Å²) in [5.41, 5.74) is 1.29. The van der Waals surface area contributed by atoms with E-state index in [-0.39, 0.29) is 37.7 Å². The van der Waals surface area contributed by atoms with Crippen molar-refractivity contribution in [2.24, 2.45) is 4.99 Å². The molecule has 10 nitrogen and oxygen atoms in total. The maximum absolute atomic E-state index is 13.4. The Morgan fingerprint density at radius 3 is 2.45 bits per heavy atom. The van der Waals surface area contributed by atoms with Crippen LogP contribution in [0.15, 0.2) is 71.7 Å². The molecule has 206 valence electrons. The number of hydrogen-bond donors (Lipinski definition) is 4. The van der Waals surface area contributed by atoms with Crippen molar-refractivity contribution in [1.82, 2.24) is 10.3 Å². The fourth-order valence-electron chi connectivity index (χ4n) is 4.29. The number of ether oxygens (including phenoxy) is 2. The molecule has 1 unspecified atom stereocenters. The molecule has 1 saturated heterocycles. The molecule has 1 aromatic heterocycles. The molecule has 3 heterocycles. The van der Waals surface area contributed by atoms with Gasteiger partial charge in [0.25, 0.3) is 11.9 Å². The summed E-state index contributed by atoms with van der Waals surface area (Å²) in [7, 11) is 0. The molecule has 4 N–H and O–H groups in total. The fourth-order valence-corrected chi connectivity index (χ4v) is 4.29. The highest BCUT2D eigenvalue weighted by molar-refractivity contribution is 6.19. The molecule has 40 heavy (non-hydrogen) atoms. The number of halogens is 3. The molecule has 1 amide bonds. The van der Waals surface area contributed by atoms with Crippen LogP contribution < -0.4 is 15.5 Å². The summed E-state index contributed by atoms with van der Waals surface area (Å²) in [5, 5.41) is 22.1. The number of nitrogens with zero attached hydrogens (tertiary/aromatic N) is 3.